The molecule has 0 aliphatic rings. The Balaban J connectivity index is 1.84. The van der Waals surface area contributed by atoms with Crippen molar-refractivity contribution in [3.63, 3.8) is 0 Å². The van der Waals surface area contributed by atoms with Crippen LogP contribution >= 0.6 is 0 Å². The van der Waals surface area contributed by atoms with Crippen molar-refractivity contribution in [2.75, 3.05) is 0 Å². The third kappa shape index (κ3) is 3.65. The molecular formula is C19H16N2O3S. The highest BCUT2D eigenvalue weighted by atomic mass is 32.2. The molecule has 0 radical (unpaired) electrons. The SMILES string of the molecule is N=C(C(=O)Cc1cccc2ccccc12)c1ccc(S(N)(=O)=O)cc1. The summed E-state index contributed by atoms with van der Waals surface area (Å²) in [5.41, 5.74) is 1.06. The van der Waals surface area contributed by atoms with Crippen molar-refractivity contribution in [3.05, 3.63) is 77.9 Å². The number of Topliss-reactive ketones (excluding diaryl/α,β-unsaturated/α-hetero) is 1. The number of carbonyl (C=O) groups is 1. The fourth-order valence-electron chi connectivity index (χ4n) is 2.68. The summed E-state index contributed by atoms with van der Waals surface area (Å²) < 4.78 is 22.5. The van der Waals surface area contributed by atoms with Gasteiger partial charge in [0.25, 0.3) is 0 Å². The van der Waals surface area contributed by atoms with Crippen LogP contribution in [-0.2, 0) is 21.2 Å². The lowest BCUT2D eigenvalue weighted by Crippen LogP contribution is -2.17. The molecule has 0 unspecified atom stereocenters. The molecule has 5 nitrogen and oxygen atoms in total. The van der Waals surface area contributed by atoms with Crippen LogP contribution < -0.4 is 5.14 Å². The summed E-state index contributed by atoms with van der Waals surface area (Å²) in [6, 6.07) is 18.9. The number of ketones is 1. The van der Waals surface area contributed by atoms with Gasteiger partial charge in [0, 0.05) is 12.0 Å². The number of fused-ring (bicyclic) bond motifs is 1. The number of nitrogens with one attached hydrogen (secondary N) is 1. The first kappa shape index (κ1) is 17.0. The molecule has 0 atom stereocenters. The van der Waals surface area contributed by atoms with Crippen molar-refractivity contribution in [2.45, 2.75) is 11.3 Å². The van der Waals surface area contributed by atoms with Gasteiger partial charge in [-0.3, -0.25) is 10.2 Å². The Hall–Kier alpha value is -2.83. The summed E-state index contributed by atoms with van der Waals surface area (Å²) in [6.07, 6.45) is 0.108. The highest BCUT2D eigenvalue weighted by molar-refractivity contribution is 7.89. The Labute approximate surface area is 145 Å². The Morgan fingerprint density at radius 1 is 0.920 bits per heavy atom. The van der Waals surface area contributed by atoms with Gasteiger partial charge in [-0.1, -0.05) is 54.6 Å². The van der Waals surface area contributed by atoms with Gasteiger partial charge in [0.05, 0.1) is 4.90 Å². The largest absolute Gasteiger partial charge is 0.297 e. The molecule has 0 heterocycles. The molecule has 3 aromatic carbocycles. The van der Waals surface area contributed by atoms with Crippen LogP contribution in [0.2, 0.25) is 0 Å². The van der Waals surface area contributed by atoms with Crippen LogP contribution in [0.5, 0.6) is 0 Å². The maximum Gasteiger partial charge on any atom is 0.238 e. The highest BCUT2D eigenvalue weighted by Gasteiger charge is 2.15. The molecule has 0 saturated carbocycles. The maximum atomic E-state index is 12.5. The van der Waals surface area contributed by atoms with Gasteiger partial charge >= 0.3 is 0 Å². The molecule has 0 aromatic heterocycles. The topological polar surface area (TPSA) is 101 Å². The highest BCUT2D eigenvalue weighted by Crippen LogP contribution is 2.20. The van der Waals surface area contributed by atoms with E-state index in [2.05, 4.69) is 0 Å². The zero-order valence-corrected chi connectivity index (χ0v) is 14.1. The lowest BCUT2D eigenvalue weighted by atomic mass is 9.97. The maximum absolute atomic E-state index is 12.5. The first-order valence-electron chi connectivity index (χ1n) is 7.58. The van der Waals surface area contributed by atoms with Crippen LogP contribution in [0.25, 0.3) is 10.8 Å². The summed E-state index contributed by atoms with van der Waals surface area (Å²) in [7, 11) is -3.79. The average Bonchev–Trinajstić information content (AvgIpc) is 2.61. The third-order valence-corrected chi connectivity index (χ3v) is 4.91. The number of hydrogen-bond donors (Lipinski definition) is 2. The van der Waals surface area contributed by atoms with Crippen molar-refractivity contribution >= 4 is 32.3 Å². The molecule has 3 aromatic rings. The Kier molecular flexibility index (Phi) is 4.48. The number of sulfonamides is 1. The lowest BCUT2D eigenvalue weighted by Gasteiger charge is -2.08. The Morgan fingerprint density at radius 2 is 1.56 bits per heavy atom. The van der Waals surface area contributed by atoms with Crippen molar-refractivity contribution in [2.24, 2.45) is 5.14 Å². The minimum atomic E-state index is -3.79. The molecule has 0 amide bonds. The second-order valence-corrected chi connectivity index (χ2v) is 7.24. The van der Waals surface area contributed by atoms with E-state index in [-0.39, 0.29) is 22.8 Å². The van der Waals surface area contributed by atoms with E-state index in [1.165, 1.54) is 24.3 Å². The summed E-state index contributed by atoms with van der Waals surface area (Å²) in [6.45, 7) is 0. The summed E-state index contributed by atoms with van der Waals surface area (Å²) in [5.74, 6) is -0.334. The Morgan fingerprint density at radius 3 is 2.24 bits per heavy atom. The summed E-state index contributed by atoms with van der Waals surface area (Å²) in [5, 5.41) is 15.2. The number of primary sulfonamides is 1. The van der Waals surface area contributed by atoms with E-state index in [0.29, 0.717) is 5.56 Å². The number of carbonyl (C=O) groups excluding carboxylic acids is 1. The minimum absolute atomic E-state index is 0.0504. The van der Waals surface area contributed by atoms with Gasteiger partial charge in [-0.15, -0.1) is 0 Å². The molecule has 25 heavy (non-hydrogen) atoms. The number of nitrogens with two attached hydrogens (primary N) is 1. The molecule has 6 heteroatoms. The summed E-state index contributed by atoms with van der Waals surface area (Å²) in [4.78, 5) is 12.4. The van der Waals surface area contributed by atoms with Gasteiger partial charge in [0.2, 0.25) is 10.0 Å². The third-order valence-electron chi connectivity index (χ3n) is 3.98. The van der Waals surface area contributed by atoms with Crippen LogP contribution in [0, 0.1) is 5.41 Å². The van der Waals surface area contributed by atoms with Crippen LogP contribution in [0.15, 0.2) is 71.6 Å². The zero-order valence-electron chi connectivity index (χ0n) is 13.3. The van der Waals surface area contributed by atoms with Crippen molar-refractivity contribution in [3.8, 4) is 0 Å². The first-order valence-corrected chi connectivity index (χ1v) is 9.12. The lowest BCUT2D eigenvalue weighted by molar-refractivity contribution is -0.112. The standard InChI is InChI=1S/C19H16N2O3S/c20-19(14-8-10-16(11-9-14)25(21,23)24)18(22)12-15-6-3-5-13-4-1-2-7-17(13)15/h1-11,20H,12H2,(H2,21,23,24). The van der Waals surface area contributed by atoms with E-state index < -0.39 is 10.0 Å². The van der Waals surface area contributed by atoms with Gasteiger partial charge in [-0.05, 0) is 28.5 Å². The second kappa shape index (κ2) is 6.58. The molecule has 0 bridgehead atoms. The van der Waals surface area contributed by atoms with Crippen molar-refractivity contribution < 1.29 is 13.2 Å². The zero-order chi connectivity index (χ0) is 18.0. The monoisotopic (exact) mass is 352 g/mol. The smallest absolute Gasteiger partial charge is 0.238 e. The van der Waals surface area contributed by atoms with Gasteiger partial charge < -0.3 is 0 Å². The molecule has 3 rings (SSSR count). The molecule has 3 N–H and O–H groups in total. The van der Waals surface area contributed by atoms with Crippen molar-refractivity contribution in [1.82, 2.24) is 0 Å². The van der Waals surface area contributed by atoms with Crippen LogP contribution in [0.1, 0.15) is 11.1 Å². The fraction of sp³-hybridized carbons (Fsp3) is 0.0526. The van der Waals surface area contributed by atoms with E-state index in [4.69, 9.17) is 10.5 Å². The second-order valence-electron chi connectivity index (χ2n) is 5.68. The van der Waals surface area contributed by atoms with E-state index in [1.807, 2.05) is 42.5 Å². The predicted octanol–water partition coefficient (Wildman–Crippen LogP) is 2.67. The van der Waals surface area contributed by atoms with Crippen molar-refractivity contribution in [1.29, 1.82) is 5.41 Å². The van der Waals surface area contributed by atoms with Crippen LogP contribution in [-0.4, -0.2) is 19.9 Å². The van der Waals surface area contributed by atoms with E-state index >= 15 is 0 Å². The molecule has 0 aliphatic carbocycles. The molecule has 0 aliphatic heterocycles. The fourth-order valence-corrected chi connectivity index (χ4v) is 3.20. The normalized spacial score (nSPS) is 11.4. The van der Waals surface area contributed by atoms with Gasteiger partial charge in [-0.25, -0.2) is 13.6 Å². The Bertz CT molecular complexity index is 1070. The average molecular weight is 352 g/mol. The van der Waals surface area contributed by atoms with Gasteiger partial charge in [0.15, 0.2) is 5.78 Å². The number of hydrogen-bond acceptors (Lipinski definition) is 4. The van der Waals surface area contributed by atoms with Crippen LogP contribution in [0.3, 0.4) is 0 Å². The van der Waals surface area contributed by atoms with Crippen LogP contribution in [0.4, 0.5) is 0 Å². The number of benzene rings is 3. The molecular weight excluding hydrogens is 336 g/mol. The molecule has 126 valence electrons. The molecule has 0 saturated heterocycles. The number of rotatable bonds is 5. The predicted molar refractivity (Wildman–Crippen MR) is 97.3 cm³/mol. The van der Waals surface area contributed by atoms with E-state index in [9.17, 15) is 13.2 Å². The van der Waals surface area contributed by atoms with E-state index in [1.54, 1.807) is 0 Å². The van der Waals surface area contributed by atoms with Gasteiger partial charge in [0.1, 0.15) is 5.71 Å². The molecule has 0 fully saturated rings. The minimum Gasteiger partial charge on any atom is -0.297 e. The van der Waals surface area contributed by atoms with Gasteiger partial charge in [-0.2, -0.15) is 0 Å². The quantitative estimate of drug-likeness (QED) is 0.690. The molecule has 0 spiro atoms. The summed E-state index contributed by atoms with van der Waals surface area (Å²) >= 11 is 0. The first-order chi connectivity index (χ1) is 11.9. The van der Waals surface area contributed by atoms with E-state index in [0.717, 1.165) is 16.3 Å².